The van der Waals surface area contributed by atoms with Gasteiger partial charge in [-0.3, -0.25) is 0 Å². The Labute approximate surface area is 149 Å². The van der Waals surface area contributed by atoms with Crippen LogP contribution in [0.2, 0.25) is 0 Å². The van der Waals surface area contributed by atoms with Crippen LogP contribution in [-0.4, -0.2) is 0 Å². The molecule has 0 saturated carbocycles. The molecule has 3 heteroatoms. The Bertz CT molecular complexity index is 339. The van der Waals surface area contributed by atoms with Gasteiger partial charge in [-0.1, -0.05) is 40.0 Å². The van der Waals surface area contributed by atoms with E-state index in [-0.39, 0.29) is 51.0 Å². The second kappa shape index (κ2) is 14.6. The Kier molecular flexibility index (Phi) is 18.6. The molecule has 0 nitrogen and oxygen atoms in total. The number of hydrogen-bond acceptors (Lipinski definition) is 0. The van der Waals surface area contributed by atoms with Gasteiger partial charge in [0.25, 0.3) is 0 Å². The summed E-state index contributed by atoms with van der Waals surface area (Å²) in [6.07, 6.45) is 3.56. The van der Waals surface area contributed by atoms with Crippen molar-refractivity contribution in [2.75, 3.05) is 0 Å². The molecule has 2 aromatic carbocycles. The Morgan fingerprint density at radius 1 is 1.00 bits per heavy atom. The smallest absolute Gasteiger partial charge is 1.00 e. The minimum atomic E-state index is 0. The summed E-state index contributed by atoms with van der Waals surface area (Å²) in [6, 6.07) is 14.6. The zero-order chi connectivity index (χ0) is 11.8. The van der Waals surface area contributed by atoms with Crippen molar-refractivity contribution in [1.29, 1.82) is 0 Å². The maximum atomic E-state index is 2.28. The van der Waals surface area contributed by atoms with Crippen molar-refractivity contribution in [2.45, 2.75) is 40.0 Å². The molecule has 0 spiro atoms. The van der Waals surface area contributed by atoms with Gasteiger partial charge in [-0.15, -0.1) is 0 Å². The largest absolute Gasteiger partial charge is 4.00 e. The van der Waals surface area contributed by atoms with Crippen LogP contribution in [0, 0.1) is 0 Å². The molecule has 0 aliphatic rings. The van der Waals surface area contributed by atoms with E-state index in [1.165, 1.54) is 19.3 Å². The third-order valence-corrected chi connectivity index (χ3v) is 2.93. The van der Waals surface area contributed by atoms with Crippen LogP contribution < -0.4 is 24.8 Å². The van der Waals surface area contributed by atoms with Crippen LogP contribution in [0.4, 0.5) is 0 Å². The molecule has 0 fully saturated rings. The quantitative estimate of drug-likeness (QED) is 0.573. The molecule has 2 aromatic rings. The maximum Gasteiger partial charge on any atom is 4.00 e. The van der Waals surface area contributed by atoms with E-state index in [1.807, 2.05) is 30.3 Å². The van der Waals surface area contributed by atoms with Gasteiger partial charge in [0.1, 0.15) is 0 Å². The van der Waals surface area contributed by atoms with Crippen molar-refractivity contribution in [2.24, 2.45) is 0 Å². The van der Waals surface area contributed by atoms with E-state index < -0.39 is 0 Å². The number of hydrogen-bond donors (Lipinski definition) is 0. The van der Waals surface area contributed by atoms with E-state index in [0.29, 0.717) is 0 Å². The third kappa shape index (κ3) is 8.13. The molecule has 0 unspecified atom stereocenters. The van der Waals surface area contributed by atoms with E-state index in [9.17, 15) is 0 Å². The summed E-state index contributed by atoms with van der Waals surface area (Å²) in [5.41, 5.74) is 4.68. The van der Waals surface area contributed by atoms with Crippen molar-refractivity contribution >= 4 is 0 Å². The minimum Gasteiger partial charge on any atom is -1.00 e. The van der Waals surface area contributed by atoms with Gasteiger partial charge in [-0.2, -0.15) is 41.0 Å². The summed E-state index contributed by atoms with van der Waals surface area (Å²) in [6.45, 7) is 6.70. The van der Waals surface area contributed by atoms with E-state index in [1.54, 1.807) is 16.7 Å². The van der Waals surface area contributed by atoms with Crippen LogP contribution >= 0.6 is 0 Å². The SMILES string of the molecule is CCc1cc[c-](CC)c1CC.[Cl-].[Cl-].[Zr+4].c1cc[cH-]c1. The first-order valence-corrected chi connectivity index (χ1v) is 6.26. The molecular formula is C16H22Cl2Zr. The predicted octanol–water partition coefficient (Wildman–Crippen LogP) is -1.50. The van der Waals surface area contributed by atoms with Crippen LogP contribution in [0.25, 0.3) is 0 Å². The van der Waals surface area contributed by atoms with Gasteiger partial charge in [0.15, 0.2) is 0 Å². The summed E-state index contributed by atoms with van der Waals surface area (Å²) >= 11 is 0. The first-order valence-electron chi connectivity index (χ1n) is 6.26. The van der Waals surface area contributed by atoms with Crippen LogP contribution in [0.15, 0.2) is 42.5 Å². The predicted molar refractivity (Wildman–Crippen MR) is 72.2 cm³/mol. The summed E-state index contributed by atoms with van der Waals surface area (Å²) in [7, 11) is 0. The minimum absolute atomic E-state index is 0. The second-order valence-electron chi connectivity index (χ2n) is 3.89. The van der Waals surface area contributed by atoms with Crippen molar-refractivity contribution < 1.29 is 51.0 Å². The van der Waals surface area contributed by atoms with Crippen molar-refractivity contribution in [3.63, 3.8) is 0 Å². The van der Waals surface area contributed by atoms with E-state index in [2.05, 4.69) is 32.9 Å². The van der Waals surface area contributed by atoms with E-state index in [4.69, 9.17) is 0 Å². The van der Waals surface area contributed by atoms with Gasteiger partial charge in [0, 0.05) is 0 Å². The fourth-order valence-electron chi connectivity index (χ4n) is 2.05. The third-order valence-electron chi connectivity index (χ3n) is 2.93. The van der Waals surface area contributed by atoms with Gasteiger partial charge in [-0.25, -0.2) is 18.2 Å². The van der Waals surface area contributed by atoms with Crippen LogP contribution in [0.3, 0.4) is 0 Å². The standard InChI is InChI=1S/C11H17.C5H5.2ClH.Zr/c1-4-9-7-8-10(5-2)11(9)6-3;1-2-4-5-3-1;;;/h7-8H,4-6H2,1-3H3;1-5H;2*1H;/q2*-1;;;+4/p-2. The van der Waals surface area contributed by atoms with Gasteiger partial charge in [0.2, 0.25) is 0 Å². The first-order chi connectivity index (χ1) is 7.83. The Hall–Kier alpha value is 0.163. The number of halogens is 2. The normalized spacial score (nSPS) is 8.16. The monoisotopic (exact) mass is 374 g/mol. The molecule has 0 radical (unpaired) electrons. The van der Waals surface area contributed by atoms with Crippen molar-refractivity contribution in [3.8, 4) is 0 Å². The molecule has 0 aromatic heterocycles. The van der Waals surface area contributed by atoms with E-state index >= 15 is 0 Å². The molecule has 0 bridgehead atoms. The summed E-state index contributed by atoms with van der Waals surface area (Å²) in [5, 5.41) is 0. The average Bonchev–Trinajstić information content (AvgIpc) is 3.00. The molecule has 0 saturated heterocycles. The topological polar surface area (TPSA) is 0 Å². The molecule has 19 heavy (non-hydrogen) atoms. The van der Waals surface area contributed by atoms with Gasteiger partial charge < -0.3 is 24.8 Å². The zero-order valence-corrected chi connectivity index (χ0v) is 15.9. The molecular weight excluding hydrogens is 354 g/mol. The fourth-order valence-corrected chi connectivity index (χ4v) is 2.05. The average molecular weight is 376 g/mol. The molecule has 0 aliphatic carbocycles. The second-order valence-corrected chi connectivity index (χ2v) is 3.89. The zero-order valence-electron chi connectivity index (χ0n) is 11.9. The molecule has 0 amide bonds. The fraction of sp³-hybridized carbons (Fsp3) is 0.375. The molecule has 0 aliphatic heterocycles. The van der Waals surface area contributed by atoms with E-state index in [0.717, 1.165) is 0 Å². The Morgan fingerprint density at radius 3 is 1.89 bits per heavy atom. The maximum absolute atomic E-state index is 2.28. The summed E-state index contributed by atoms with van der Waals surface area (Å²) < 4.78 is 0. The molecule has 0 N–H and O–H groups in total. The molecule has 2 rings (SSSR count). The summed E-state index contributed by atoms with van der Waals surface area (Å²) in [4.78, 5) is 0. The van der Waals surface area contributed by atoms with Gasteiger partial charge in [0.05, 0.1) is 0 Å². The van der Waals surface area contributed by atoms with Gasteiger partial charge >= 0.3 is 26.2 Å². The number of aryl methyl sites for hydroxylation is 2. The van der Waals surface area contributed by atoms with Crippen molar-refractivity contribution in [1.82, 2.24) is 0 Å². The number of rotatable bonds is 3. The van der Waals surface area contributed by atoms with Crippen LogP contribution in [0.1, 0.15) is 37.5 Å². The van der Waals surface area contributed by atoms with Gasteiger partial charge in [-0.05, 0) is 0 Å². The molecule has 104 valence electrons. The van der Waals surface area contributed by atoms with Crippen LogP contribution in [-0.2, 0) is 45.5 Å². The Morgan fingerprint density at radius 2 is 1.58 bits per heavy atom. The first kappa shape index (κ1) is 24.2. The summed E-state index contributed by atoms with van der Waals surface area (Å²) in [5.74, 6) is 0. The van der Waals surface area contributed by atoms with Crippen LogP contribution in [0.5, 0.6) is 0 Å². The Balaban J connectivity index is -0.000000277. The molecule has 0 heterocycles. The molecule has 0 atom stereocenters. The van der Waals surface area contributed by atoms with Crippen molar-refractivity contribution in [3.05, 3.63) is 59.2 Å².